The molecule has 3 heterocycles. The van der Waals surface area contributed by atoms with E-state index in [-0.39, 0.29) is 35.3 Å². The number of amides is 1. The third kappa shape index (κ3) is 2.70. The summed E-state index contributed by atoms with van der Waals surface area (Å²) in [5, 5.41) is 0. The third-order valence-corrected chi connectivity index (χ3v) is 7.61. The molecule has 0 radical (unpaired) electrons. The average molecular weight is 380 g/mol. The Balaban J connectivity index is 1.71. The predicted molar refractivity (Wildman–Crippen MR) is 95.2 cm³/mol. The Bertz CT molecular complexity index is 872. The lowest BCUT2D eigenvalue weighted by molar-refractivity contribution is 0.0346. The fourth-order valence-electron chi connectivity index (χ4n) is 4.68. The molecule has 1 aromatic heterocycles. The van der Waals surface area contributed by atoms with Gasteiger partial charge >= 0.3 is 0 Å². The maximum Gasteiger partial charge on any atom is 0.258 e. The number of Topliss-reactive ketones (excluding diaryl/α,β-unsaturated/α-hetero) is 1. The van der Waals surface area contributed by atoms with E-state index < -0.39 is 9.84 Å². The van der Waals surface area contributed by atoms with Gasteiger partial charge in [-0.3, -0.25) is 14.5 Å². The SMILES string of the molecule is CCN1CCN(C(=O)c2c(C)oc3c2C(=O)CCC3)[C@H]2CS(=O)(=O)C[C@H]21. The van der Waals surface area contributed by atoms with Crippen molar-refractivity contribution in [1.29, 1.82) is 0 Å². The smallest absolute Gasteiger partial charge is 0.258 e. The van der Waals surface area contributed by atoms with E-state index in [2.05, 4.69) is 4.90 Å². The molecule has 3 aliphatic rings. The quantitative estimate of drug-likeness (QED) is 0.762. The number of furan rings is 1. The Morgan fingerprint density at radius 2 is 1.92 bits per heavy atom. The van der Waals surface area contributed by atoms with Crippen LogP contribution >= 0.6 is 0 Å². The standard InChI is InChI=1S/C18H24N2O5S/c1-3-19-7-8-20(13-10-26(23,24)9-12(13)19)18(22)16-11(2)25-15-6-4-5-14(21)17(15)16/h12-13H,3-10H2,1-2H3/t12-,13+/m1/s1. The van der Waals surface area contributed by atoms with E-state index in [0.29, 0.717) is 48.6 Å². The maximum atomic E-state index is 13.3. The maximum absolute atomic E-state index is 13.3. The van der Waals surface area contributed by atoms with Crippen LogP contribution < -0.4 is 0 Å². The van der Waals surface area contributed by atoms with Crippen molar-refractivity contribution in [2.75, 3.05) is 31.1 Å². The van der Waals surface area contributed by atoms with Crippen LogP contribution in [0.2, 0.25) is 0 Å². The fraction of sp³-hybridized carbons (Fsp3) is 0.667. The molecular weight excluding hydrogens is 356 g/mol. The summed E-state index contributed by atoms with van der Waals surface area (Å²) in [4.78, 5) is 29.6. The van der Waals surface area contributed by atoms with Crippen molar-refractivity contribution in [2.24, 2.45) is 0 Å². The molecule has 1 aromatic rings. The number of rotatable bonds is 2. The molecule has 2 aliphatic heterocycles. The minimum Gasteiger partial charge on any atom is -0.465 e. The Morgan fingerprint density at radius 3 is 2.65 bits per heavy atom. The molecule has 2 fully saturated rings. The summed E-state index contributed by atoms with van der Waals surface area (Å²) in [6, 6.07) is -0.522. The topological polar surface area (TPSA) is 87.9 Å². The number of hydrogen-bond acceptors (Lipinski definition) is 6. The van der Waals surface area contributed by atoms with Crippen molar-refractivity contribution in [3.05, 3.63) is 22.6 Å². The molecule has 0 N–H and O–H groups in total. The zero-order valence-corrected chi connectivity index (χ0v) is 16.0. The van der Waals surface area contributed by atoms with Gasteiger partial charge in [-0.1, -0.05) is 6.92 Å². The third-order valence-electron chi connectivity index (χ3n) is 5.92. The van der Waals surface area contributed by atoms with E-state index in [4.69, 9.17) is 4.42 Å². The summed E-state index contributed by atoms with van der Waals surface area (Å²) >= 11 is 0. The monoisotopic (exact) mass is 380 g/mol. The Morgan fingerprint density at radius 1 is 1.19 bits per heavy atom. The number of carbonyl (C=O) groups is 2. The molecule has 2 saturated heterocycles. The minimum absolute atomic E-state index is 0.00700. The number of fused-ring (bicyclic) bond motifs is 2. The molecule has 142 valence electrons. The molecule has 0 bridgehead atoms. The van der Waals surface area contributed by atoms with Gasteiger partial charge in [0.2, 0.25) is 0 Å². The lowest BCUT2D eigenvalue weighted by Crippen LogP contribution is -2.60. The second-order valence-electron chi connectivity index (χ2n) is 7.45. The summed E-state index contributed by atoms with van der Waals surface area (Å²) < 4.78 is 30.2. The van der Waals surface area contributed by atoms with Gasteiger partial charge in [0, 0.05) is 32.0 Å². The number of ketones is 1. The molecule has 8 heteroatoms. The molecule has 26 heavy (non-hydrogen) atoms. The highest BCUT2D eigenvalue weighted by Crippen LogP contribution is 2.33. The molecule has 0 saturated carbocycles. The van der Waals surface area contributed by atoms with Crippen LogP contribution in [0, 0.1) is 6.92 Å². The fourth-order valence-corrected chi connectivity index (χ4v) is 6.69. The number of likely N-dealkylation sites (N-methyl/N-ethyl adjacent to an activating group) is 1. The van der Waals surface area contributed by atoms with Crippen molar-refractivity contribution in [2.45, 2.75) is 45.2 Å². The van der Waals surface area contributed by atoms with Crippen LogP contribution in [0.15, 0.2) is 4.42 Å². The Hall–Kier alpha value is -1.67. The van der Waals surface area contributed by atoms with E-state index in [1.807, 2.05) is 6.92 Å². The molecule has 4 rings (SSSR count). The van der Waals surface area contributed by atoms with E-state index in [0.717, 1.165) is 13.0 Å². The van der Waals surface area contributed by atoms with Crippen LogP contribution in [0.25, 0.3) is 0 Å². The van der Waals surface area contributed by atoms with Crippen molar-refractivity contribution < 1.29 is 22.4 Å². The summed E-state index contributed by atoms with van der Waals surface area (Å²) in [5.74, 6) is 0.846. The molecule has 1 aliphatic carbocycles. The van der Waals surface area contributed by atoms with Crippen molar-refractivity contribution in [3.8, 4) is 0 Å². The number of nitrogens with zero attached hydrogens (tertiary/aromatic N) is 2. The van der Waals surface area contributed by atoms with Gasteiger partial charge in [0.15, 0.2) is 15.6 Å². The zero-order chi connectivity index (χ0) is 18.6. The van der Waals surface area contributed by atoms with Gasteiger partial charge in [0.25, 0.3) is 5.91 Å². The van der Waals surface area contributed by atoms with Crippen molar-refractivity contribution in [3.63, 3.8) is 0 Å². The van der Waals surface area contributed by atoms with E-state index in [1.165, 1.54) is 0 Å². The van der Waals surface area contributed by atoms with E-state index in [1.54, 1.807) is 11.8 Å². The first kappa shape index (κ1) is 17.7. The lowest BCUT2D eigenvalue weighted by atomic mass is 9.92. The minimum atomic E-state index is -3.17. The van der Waals surface area contributed by atoms with Crippen LogP contribution in [0.4, 0.5) is 0 Å². The summed E-state index contributed by atoms with van der Waals surface area (Å²) in [7, 11) is -3.17. The van der Waals surface area contributed by atoms with Crippen molar-refractivity contribution >= 4 is 21.5 Å². The molecule has 7 nitrogen and oxygen atoms in total. The van der Waals surface area contributed by atoms with Crippen LogP contribution in [-0.2, 0) is 16.3 Å². The highest BCUT2D eigenvalue weighted by Gasteiger charge is 2.48. The molecule has 0 unspecified atom stereocenters. The number of aryl methyl sites for hydroxylation is 2. The summed E-state index contributed by atoms with van der Waals surface area (Å²) in [5.41, 5.74) is 0.770. The predicted octanol–water partition coefficient (Wildman–Crippen LogP) is 1.05. The second-order valence-corrected chi connectivity index (χ2v) is 9.60. The van der Waals surface area contributed by atoms with E-state index in [9.17, 15) is 18.0 Å². The van der Waals surface area contributed by atoms with Crippen LogP contribution in [-0.4, -0.2) is 73.1 Å². The Kier molecular flexibility index (Phi) is 4.23. The largest absolute Gasteiger partial charge is 0.465 e. The molecule has 2 atom stereocenters. The van der Waals surface area contributed by atoms with Gasteiger partial charge in [0.05, 0.1) is 28.7 Å². The van der Waals surface area contributed by atoms with Gasteiger partial charge in [-0.2, -0.15) is 0 Å². The molecule has 0 spiro atoms. The molecular formula is C18H24N2O5S. The number of sulfone groups is 1. The van der Waals surface area contributed by atoms with Gasteiger partial charge in [-0.05, 0) is 19.9 Å². The van der Waals surface area contributed by atoms with Gasteiger partial charge in [-0.15, -0.1) is 0 Å². The summed E-state index contributed by atoms with van der Waals surface area (Å²) in [6.07, 6.45) is 1.83. The highest BCUT2D eigenvalue weighted by molar-refractivity contribution is 7.91. The van der Waals surface area contributed by atoms with Crippen molar-refractivity contribution in [1.82, 2.24) is 9.80 Å². The summed E-state index contributed by atoms with van der Waals surface area (Å²) in [6.45, 7) is 5.60. The number of hydrogen-bond donors (Lipinski definition) is 0. The normalized spacial score (nSPS) is 28.1. The first-order valence-electron chi connectivity index (χ1n) is 9.23. The number of carbonyl (C=O) groups excluding carboxylic acids is 2. The lowest BCUT2D eigenvalue weighted by Gasteiger charge is -2.43. The average Bonchev–Trinajstić information content (AvgIpc) is 3.09. The second kappa shape index (κ2) is 6.20. The zero-order valence-electron chi connectivity index (χ0n) is 15.2. The highest BCUT2D eigenvalue weighted by atomic mass is 32.2. The van der Waals surface area contributed by atoms with E-state index >= 15 is 0 Å². The first-order chi connectivity index (χ1) is 12.3. The van der Waals surface area contributed by atoms with Gasteiger partial charge < -0.3 is 9.32 Å². The van der Waals surface area contributed by atoms with Crippen LogP contribution in [0.1, 0.15) is 52.0 Å². The number of piperazine rings is 1. The molecule has 1 amide bonds. The molecule has 0 aromatic carbocycles. The van der Waals surface area contributed by atoms with Gasteiger partial charge in [-0.25, -0.2) is 8.42 Å². The van der Waals surface area contributed by atoms with Crippen LogP contribution in [0.5, 0.6) is 0 Å². The van der Waals surface area contributed by atoms with Crippen LogP contribution in [0.3, 0.4) is 0 Å². The first-order valence-corrected chi connectivity index (χ1v) is 11.1. The van der Waals surface area contributed by atoms with Gasteiger partial charge in [0.1, 0.15) is 11.5 Å². The Labute approximate surface area is 153 Å².